The number of nitrogens with zero attached hydrogens (tertiary/aromatic N) is 1. The number of sulfonamides is 1. The van der Waals surface area contributed by atoms with Crippen LogP contribution in [0.4, 0.5) is 0 Å². The van der Waals surface area contributed by atoms with Crippen LogP contribution in [-0.4, -0.2) is 25.4 Å². The molecular formula is C16H19N3O3S. The van der Waals surface area contributed by atoms with Gasteiger partial charge in [-0.3, -0.25) is 9.78 Å². The molecule has 0 bridgehead atoms. The Kier molecular flexibility index (Phi) is 5.46. The molecule has 7 heteroatoms. The van der Waals surface area contributed by atoms with Gasteiger partial charge in [-0.2, -0.15) is 0 Å². The average molecular weight is 333 g/mol. The number of hydrogen-bond donors (Lipinski definition) is 2. The van der Waals surface area contributed by atoms with E-state index in [0.29, 0.717) is 5.56 Å². The summed E-state index contributed by atoms with van der Waals surface area (Å²) in [5, 5.41) is 2.73. The van der Waals surface area contributed by atoms with E-state index >= 15 is 0 Å². The van der Waals surface area contributed by atoms with Crippen LogP contribution in [0.3, 0.4) is 0 Å². The number of nitrogens with one attached hydrogen (secondary N) is 2. The van der Waals surface area contributed by atoms with Gasteiger partial charge >= 0.3 is 0 Å². The second-order valence-corrected chi connectivity index (χ2v) is 7.11. The van der Waals surface area contributed by atoms with Crippen molar-refractivity contribution in [1.29, 1.82) is 0 Å². The third kappa shape index (κ3) is 4.87. The standard InChI is InChI=1S/C16H19N3O3S/c1-12(2)19-16(20)14-6-3-7-15(9-14)23(21,22)18-11-13-5-4-8-17-10-13/h3-10,12,18H,11H2,1-2H3,(H,19,20). The molecular weight excluding hydrogens is 314 g/mol. The maximum absolute atomic E-state index is 12.3. The monoisotopic (exact) mass is 333 g/mol. The summed E-state index contributed by atoms with van der Waals surface area (Å²) >= 11 is 0. The lowest BCUT2D eigenvalue weighted by Crippen LogP contribution is -2.30. The average Bonchev–Trinajstić information content (AvgIpc) is 2.53. The first-order chi connectivity index (χ1) is 10.9. The molecule has 2 N–H and O–H groups in total. The molecule has 2 rings (SSSR count). The minimum absolute atomic E-state index is 0.0218. The van der Waals surface area contributed by atoms with E-state index in [2.05, 4.69) is 15.0 Å². The van der Waals surface area contributed by atoms with Crippen molar-refractivity contribution in [3.8, 4) is 0 Å². The van der Waals surface area contributed by atoms with Crippen molar-refractivity contribution in [2.45, 2.75) is 31.3 Å². The lowest BCUT2D eigenvalue weighted by molar-refractivity contribution is 0.0943. The molecule has 0 radical (unpaired) electrons. The number of amides is 1. The highest BCUT2D eigenvalue weighted by atomic mass is 32.2. The highest BCUT2D eigenvalue weighted by Crippen LogP contribution is 2.12. The number of carbonyl (C=O) groups excluding carboxylic acids is 1. The van der Waals surface area contributed by atoms with Crippen LogP contribution in [-0.2, 0) is 16.6 Å². The molecule has 1 amide bonds. The molecule has 1 aromatic heterocycles. The van der Waals surface area contributed by atoms with Gasteiger partial charge in [-0.25, -0.2) is 13.1 Å². The quantitative estimate of drug-likeness (QED) is 0.842. The van der Waals surface area contributed by atoms with Crippen LogP contribution in [0, 0.1) is 0 Å². The van der Waals surface area contributed by atoms with Crippen molar-refractivity contribution in [2.24, 2.45) is 0 Å². The Morgan fingerprint density at radius 1 is 1.22 bits per heavy atom. The van der Waals surface area contributed by atoms with Gasteiger partial charge in [0.1, 0.15) is 0 Å². The van der Waals surface area contributed by atoms with Crippen LogP contribution in [0.5, 0.6) is 0 Å². The summed E-state index contributed by atoms with van der Waals surface area (Å²) in [7, 11) is -3.70. The maximum atomic E-state index is 12.3. The second kappa shape index (κ2) is 7.34. The van der Waals surface area contributed by atoms with E-state index in [-0.39, 0.29) is 23.4 Å². The summed E-state index contributed by atoms with van der Waals surface area (Å²) in [6, 6.07) is 9.45. The van der Waals surface area contributed by atoms with Crippen LogP contribution in [0.1, 0.15) is 29.8 Å². The smallest absolute Gasteiger partial charge is 0.251 e. The van der Waals surface area contributed by atoms with Crippen molar-refractivity contribution in [2.75, 3.05) is 0 Å². The fourth-order valence-electron chi connectivity index (χ4n) is 1.91. The van der Waals surface area contributed by atoms with Gasteiger partial charge in [0.25, 0.3) is 5.91 Å². The molecule has 0 atom stereocenters. The summed E-state index contributed by atoms with van der Waals surface area (Å²) < 4.78 is 27.2. The lowest BCUT2D eigenvalue weighted by Gasteiger charge is -2.10. The van der Waals surface area contributed by atoms with Crippen LogP contribution < -0.4 is 10.0 Å². The van der Waals surface area contributed by atoms with E-state index in [4.69, 9.17) is 0 Å². The second-order valence-electron chi connectivity index (χ2n) is 5.34. The van der Waals surface area contributed by atoms with Gasteiger partial charge < -0.3 is 5.32 Å². The Balaban J connectivity index is 2.15. The van der Waals surface area contributed by atoms with Crippen LogP contribution in [0.2, 0.25) is 0 Å². The molecule has 0 spiro atoms. The van der Waals surface area contributed by atoms with Gasteiger partial charge in [-0.1, -0.05) is 12.1 Å². The summed E-state index contributed by atoms with van der Waals surface area (Å²) in [5.41, 5.74) is 1.06. The molecule has 0 unspecified atom stereocenters. The Hall–Kier alpha value is -2.25. The van der Waals surface area contributed by atoms with Crippen LogP contribution >= 0.6 is 0 Å². The maximum Gasteiger partial charge on any atom is 0.251 e. The van der Waals surface area contributed by atoms with E-state index in [0.717, 1.165) is 5.56 Å². The molecule has 23 heavy (non-hydrogen) atoms. The Labute approximate surface area is 136 Å². The number of rotatable bonds is 6. The van der Waals surface area contributed by atoms with Gasteiger partial charge in [0.15, 0.2) is 0 Å². The molecule has 2 aromatic rings. The molecule has 0 aliphatic carbocycles. The Bertz CT molecular complexity index is 774. The van der Waals surface area contributed by atoms with E-state index < -0.39 is 10.0 Å². The summed E-state index contributed by atoms with van der Waals surface area (Å²) in [5.74, 6) is -0.302. The number of carbonyl (C=O) groups is 1. The predicted octanol–water partition coefficient (Wildman–Crippen LogP) is 1.70. The number of pyridine rings is 1. The molecule has 0 fully saturated rings. The predicted molar refractivity (Wildman–Crippen MR) is 87.3 cm³/mol. The molecule has 0 saturated carbocycles. The fourth-order valence-corrected chi connectivity index (χ4v) is 2.98. The Morgan fingerprint density at radius 2 is 2.00 bits per heavy atom. The number of aromatic nitrogens is 1. The van der Waals surface area contributed by atoms with Crippen LogP contribution in [0.25, 0.3) is 0 Å². The lowest BCUT2D eigenvalue weighted by atomic mass is 10.2. The molecule has 1 heterocycles. The van der Waals surface area contributed by atoms with Crippen molar-refractivity contribution in [3.63, 3.8) is 0 Å². The van der Waals surface area contributed by atoms with Crippen molar-refractivity contribution in [3.05, 3.63) is 59.9 Å². The van der Waals surface area contributed by atoms with Crippen molar-refractivity contribution < 1.29 is 13.2 Å². The molecule has 0 aliphatic heterocycles. The van der Waals surface area contributed by atoms with E-state index in [1.807, 2.05) is 13.8 Å². The molecule has 0 saturated heterocycles. The van der Waals surface area contributed by atoms with Gasteiger partial charge in [-0.15, -0.1) is 0 Å². The highest BCUT2D eigenvalue weighted by Gasteiger charge is 2.16. The summed E-state index contributed by atoms with van der Waals surface area (Å²) in [4.78, 5) is 16.0. The molecule has 122 valence electrons. The first-order valence-electron chi connectivity index (χ1n) is 7.18. The zero-order valence-corrected chi connectivity index (χ0v) is 13.8. The van der Waals surface area contributed by atoms with Crippen molar-refractivity contribution >= 4 is 15.9 Å². The van der Waals surface area contributed by atoms with Crippen LogP contribution in [0.15, 0.2) is 53.7 Å². The first-order valence-corrected chi connectivity index (χ1v) is 8.66. The summed E-state index contributed by atoms with van der Waals surface area (Å²) in [6.07, 6.45) is 3.21. The summed E-state index contributed by atoms with van der Waals surface area (Å²) in [6.45, 7) is 3.82. The fraction of sp³-hybridized carbons (Fsp3) is 0.250. The Morgan fingerprint density at radius 3 is 2.65 bits per heavy atom. The number of hydrogen-bond acceptors (Lipinski definition) is 4. The molecule has 6 nitrogen and oxygen atoms in total. The minimum Gasteiger partial charge on any atom is -0.350 e. The van der Waals surface area contributed by atoms with E-state index in [1.165, 1.54) is 12.1 Å². The normalized spacial score (nSPS) is 11.4. The van der Waals surface area contributed by atoms with Gasteiger partial charge in [0.2, 0.25) is 10.0 Å². The molecule has 1 aromatic carbocycles. The minimum atomic E-state index is -3.70. The number of benzene rings is 1. The topological polar surface area (TPSA) is 88.2 Å². The van der Waals surface area contributed by atoms with Gasteiger partial charge in [0, 0.05) is 30.5 Å². The van der Waals surface area contributed by atoms with Gasteiger partial charge in [0.05, 0.1) is 4.90 Å². The zero-order chi connectivity index (χ0) is 16.9. The SMILES string of the molecule is CC(C)NC(=O)c1cccc(S(=O)(=O)NCc2cccnc2)c1. The largest absolute Gasteiger partial charge is 0.350 e. The molecule has 0 aliphatic rings. The van der Waals surface area contributed by atoms with Crippen molar-refractivity contribution in [1.82, 2.24) is 15.0 Å². The van der Waals surface area contributed by atoms with E-state index in [9.17, 15) is 13.2 Å². The zero-order valence-electron chi connectivity index (χ0n) is 13.0. The highest BCUT2D eigenvalue weighted by molar-refractivity contribution is 7.89. The van der Waals surface area contributed by atoms with Gasteiger partial charge in [-0.05, 0) is 43.7 Å². The first kappa shape index (κ1) is 17.1. The van der Waals surface area contributed by atoms with E-state index in [1.54, 1.807) is 36.7 Å². The third-order valence-electron chi connectivity index (χ3n) is 3.02. The third-order valence-corrected chi connectivity index (χ3v) is 4.41.